The Morgan fingerprint density at radius 1 is 0.909 bits per heavy atom. The zero-order valence-electron chi connectivity index (χ0n) is 11.1. The molecule has 0 unspecified atom stereocenters. The summed E-state index contributed by atoms with van der Waals surface area (Å²) < 4.78 is 0. The van der Waals surface area contributed by atoms with Gasteiger partial charge in [-0.15, -0.1) is 0 Å². The molecule has 0 aliphatic heterocycles. The van der Waals surface area contributed by atoms with Gasteiger partial charge in [0.15, 0.2) is 0 Å². The van der Waals surface area contributed by atoms with Crippen LogP contribution in [0.1, 0.15) is 21.0 Å². The molecular weight excluding hydrogens is 296 g/mol. The van der Waals surface area contributed by atoms with Crippen LogP contribution in [0.15, 0.2) is 48.8 Å². The second-order valence-electron chi connectivity index (χ2n) is 3.24. The summed E-state index contributed by atoms with van der Waals surface area (Å²) in [6.07, 6.45) is 2.90. The largest absolute Gasteiger partial charge is 0.477 e. The molecule has 2 aromatic rings. The van der Waals surface area contributed by atoms with Crippen molar-refractivity contribution in [3.8, 4) is 0 Å². The molecular formula is C13H12N2O7. The van der Waals surface area contributed by atoms with Crippen LogP contribution in [0, 0.1) is 0 Å². The van der Waals surface area contributed by atoms with E-state index in [-0.39, 0.29) is 17.9 Å². The van der Waals surface area contributed by atoms with Gasteiger partial charge in [0.25, 0.3) is 0 Å². The van der Waals surface area contributed by atoms with Crippen molar-refractivity contribution in [2.24, 2.45) is 0 Å². The molecule has 0 fully saturated rings. The lowest BCUT2D eigenvalue weighted by molar-refractivity contribution is -0.217. The maximum atomic E-state index is 10.1. The number of carboxylic acids is 2. The van der Waals surface area contributed by atoms with Gasteiger partial charge >= 0.3 is 18.4 Å². The molecule has 0 aliphatic carbocycles. The van der Waals surface area contributed by atoms with E-state index in [0.29, 0.717) is 0 Å². The average Bonchev–Trinajstić information content (AvgIpc) is 2.57. The van der Waals surface area contributed by atoms with Gasteiger partial charge in [0.2, 0.25) is 0 Å². The summed E-state index contributed by atoms with van der Waals surface area (Å²) in [5.74, 6) is -1.98. The van der Waals surface area contributed by atoms with E-state index in [9.17, 15) is 9.59 Å². The zero-order chi connectivity index (χ0) is 16.8. The summed E-state index contributed by atoms with van der Waals surface area (Å²) >= 11 is 0. The SMILES string of the molecule is O=C(O)c1ccccn1.O=C(O)c1ccccn1.O=COO. The van der Waals surface area contributed by atoms with E-state index in [1.165, 1.54) is 24.5 Å². The van der Waals surface area contributed by atoms with Crippen LogP contribution >= 0.6 is 0 Å². The van der Waals surface area contributed by atoms with Crippen LogP contribution in [0.4, 0.5) is 0 Å². The first kappa shape index (κ1) is 18.7. The molecule has 0 saturated carbocycles. The number of carbonyl (C=O) groups excluding carboxylic acids is 1. The molecule has 9 heteroatoms. The van der Waals surface area contributed by atoms with E-state index in [2.05, 4.69) is 14.9 Å². The lowest BCUT2D eigenvalue weighted by Crippen LogP contribution is -1.97. The molecule has 2 aromatic heterocycles. The molecule has 0 aliphatic rings. The van der Waals surface area contributed by atoms with Gasteiger partial charge < -0.3 is 15.1 Å². The third-order valence-corrected chi connectivity index (χ3v) is 1.81. The molecule has 116 valence electrons. The minimum atomic E-state index is -0.990. The van der Waals surface area contributed by atoms with Crippen molar-refractivity contribution < 1.29 is 34.7 Å². The molecule has 0 spiro atoms. The van der Waals surface area contributed by atoms with Gasteiger partial charge in [-0.2, -0.15) is 0 Å². The number of aromatic carboxylic acids is 2. The first-order chi connectivity index (χ1) is 10.5. The van der Waals surface area contributed by atoms with Gasteiger partial charge in [0.05, 0.1) is 0 Å². The van der Waals surface area contributed by atoms with Crippen molar-refractivity contribution in [1.29, 1.82) is 0 Å². The molecule has 0 amide bonds. The summed E-state index contributed by atoms with van der Waals surface area (Å²) in [4.78, 5) is 39.0. The first-order valence-corrected chi connectivity index (χ1v) is 5.55. The summed E-state index contributed by atoms with van der Waals surface area (Å²) in [5, 5.41) is 23.7. The van der Waals surface area contributed by atoms with Gasteiger partial charge in [0.1, 0.15) is 11.4 Å². The van der Waals surface area contributed by atoms with Gasteiger partial charge in [-0.05, 0) is 24.3 Å². The maximum Gasteiger partial charge on any atom is 0.354 e. The molecule has 0 saturated heterocycles. The van der Waals surface area contributed by atoms with Gasteiger partial charge in [-0.25, -0.2) is 24.8 Å². The minimum absolute atomic E-state index is 0.0694. The number of rotatable bonds is 3. The van der Waals surface area contributed by atoms with Crippen molar-refractivity contribution in [1.82, 2.24) is 9.97 Å². The Morgan fingerprint density at radius 3 is 1.41 bits per heavy atom. The zero-order valence-corrected chi connectivity index (χ0v) is 11.1. The van der Waals surface area contributed by atoms with Crippen LogP contribution in [0.2, 0.25) is 0 Å². The van der Waals surface area contributed by atoms with E-state index >= 15 is 0 Å². The highest BCUT2D eigenvalue weighted by molar-refractivity contribution is 5.85. The minimum Gasteiger partial charge on any atom is -0.477 e. The number of aromatic nitrogens is 2. The van der Waals surface area contributed by atoms with Crippen molar-refractivity contribution in [3.63, 3.8) is 0 Å². The average molecular weight is 308 g/mol. The second kappa shape index (κ2) is 11.5. The molecule has 0 radical (unpaired) electrons. The molecule has 3 N–H and O–H groups in total. The summed E-state index contributed by atoms with van der Waals surface area (Å²) in [7, 11) is 0. The van der Waals surface area contributed by atoms with E-state index in [1.807, 2.05) is 0 Å². The standard InChI is InChI=1S/2C6H5NO2.CH2O3/c2*8-6(9)5-3-1-2-4-7-5;2-1-4-3/h2*1-4H,(H,8,9);1,3H. The Morgan fingerprint density at radius 2 is 1.27 bits per heavy atom. The van der Waals surface area contributed by atoms with Crippen LogP contribution < -0.4 is 0 Å². The summed E-state index contributed by atoms with van der Waals surface area (Å²) in [5.41, 5.74) is 0.162. The Balaban J connectivity index is 0.000000326. The number of carboxylic acid groups (broad SMARTS) is 2. The molecule has 0 bridgehead atoms. The van der Waals surface area contributed by atoms with Crippen molar-refractivity contribution >= 4 is 18.4 Å². The molecule has 0 aromatic carbocycles. The van der Waals surface area contributed by atoms with Crippen molar-refractivity contribution in [2.75, 3.05) is 0 Å². The Bertz CT molecular complexity index is 526. The third-order valence-electron chi connectivity index (χ3n) is 1.81. The van der Waals surface area contributed by atoms with Crippen molar-refractivity contribution in [2.45, 2.75) is 0 Å². The van der Waals surface area contributed by atoms with Gasteiger partial charge in [0, 0.05) is 12.4 Å². The predicted molar refractivity (Wildman–Crippen MR) is 72.2 cm³/mol. The quantitative estimate of drug-likeness (QED) is 0.432. The monoisotopic (exact) mass is 308 g/mol. The van der Waals surface area contributed by atoms with E-state index in [0.717, 1.165) is 0 Å². The fourth-order valence-corrected chi connectivity index (χ4v) is 0.979. The Kier molecular flexibility index (Phi) is 9.75. The van der Waals surface area contributed by atoms with Crippen LogP contribution in [0.3, 0.4) is 0 Å². The topological polar surface area (TPSA) is 147 Å². The third kappa shape index (κ3) is 8.72. The molecule has 0 atom stereocenters. The van der Waals surface area contributed by atoms with E-state index in [4.69, 9.17) is 20.3 Å². The highest BCUT2D eigenvalue weighted by atomic mass is 17.1. The second-order valence-corrected chi connectivity index (χ2v) is 3.24. The highest BCUT2D eigenvalue weighted by Gasteiger charge is 1.99. The fourth-order valence-electron chi connectivity index (χ4n) is 0.979. The van der Waals surface area contributed by atoms with Crippen LogP contribution in [0.5, 0.6) is 0 Å². The smallest absolute Gasteiger partial charge is 0.354 e. The molecule has 9 nitrogen and oxygen atoms in total. The van der Waals surface area contributed by atoms with E-state index < -0.39 is 11.9 Å². The van der Waals surface area contributed by atoms with Crippen LogP contribution in [0.25, 0.3) is 0 Å². The summed E-state index contributed by atoms with van der Waals surface area (Å²) in [6.45, 7) is -0.0694. The lowest BCUT2D eigenvalue weighted by atomic mass is 10.4. The Hall–Kier alpha value is -3.33. The molecule has 2 heterocycles. The number of carbonyl (C=O) groups is 3. The van der Waals surface area contributed by atoms with E-state index in [1.54, 1.807) is 24.3 Å². The normalized spacial score (nSPS) is 8.23. The summed E-state index contributed by atoms with van der Waals surface area (Å²) in [6, 6.07) is 9.51. The van der Waals surface area contributed by atoms with Crippen molar-refractivity contribution in [3.05, 3.63) is 60.2 Å². The number of hydrogen-bond acceptors (Lipinski definition) is 7. The molecule has 22 heavy (non-hydrogen) atoms. The molecule has 2 rings (SSSR count). The Labute approximate surface area is 124 Å². The van der Waals surface area contributed by atoms with Crippen LogP contribution in [-0.4, -0.2) is 43.8 Å². The number of pyridine rings is 2. The predicted octanol–water partition coefficient (Wildman–Crippen LogP) is 1.19. The highest BCUT2D eigenvalue weighted by Crippen LogP contribution is 1.91. The van der Waals surface area contributed by atoms with Crippen LogP contribution in [-0.2, 0) is 9.68 Å². The number of hydrogen-bond donors (Lipinski definition) is 3. The van der Waals surface area contributed by atoms with Gasteiger partial charge in [-0.1, -0.05) is 12.1 Å². The fraction of sp³-hybridized carbons (Fsp3) is 0. The first-order valence-electron chi connectivity index (χ1n) is 5.55. The number of nitrogens with zero attached hydrogens (tertiary/aromatic N) is 2. The maximum absolute atomic E-state index is 10.1. The lowest BCUT2D eigenvalue weighted by Gasteiger charge is -1.87. The van der Waals surface area contributed by atoms with Gasteiger partial charge in [-0.3, -0.25) is 4.79 Å².